The summed E-state index contributed by atoms with van der Waals surface area (Å²) in [6, 6.07) is 18.8. The molecule has 2 nitrogen and oxygen atoms in total. The quantitative estimate of drug-likeness (QED) is 0.805. The van der Waals surface area contributed by atoms with E-state index >= 15 is 0 Å². The molecule has 1 saturated heterocycles. The predicted molar refractivity (Wildman–Crippen MR) is 75.7 cm³/mol. The molecule has 1 aliphatic rings. The van der Waals surface area contributed by atoms with Crippen LogP contribution in [0.15, 0.2) is 54.6 Å². The van der Waals surface area contributed by atoms with Gasteiger partial charge in [0.15, 0.2) is 6.29 Å². The van der Waals surface area contributed by atoms with Crippen LogP contribution in [0, 0.1) is 5.92 Å². The first-order chi connectivity index (χ1) is 9.33. The zero-order chi connectivity index (χ0) is 13.1. The van der Waals surface area contributed by atoms with E-state index in [-0.39, 0.29) is 6.29 Å². The van der Waals surface area contributed by atoms with Gasteiger partial charge >= 0.3 is 0 Å². The van der Waals surface area contributed by atoms with Crippen LogP contribution >= 0.6 is 0 Å². The Morgan fingerprint density at radius 2 is 1.37 bits per heavy atom. The lowest BCUT2D eigenvalue weighted by Gasteiger charge is -2.27. The Kier molecular flexibility index (Phi) is 3.62. The Morgan fingerprint density at radius 3 is 2.00 bits per heavy atom. The average Bonchev–Trinajstić information content (AvgIpc) is 2.49. The second-order valence-electron chi connectivity index (χ2n) is 5.09. The van der Waals surface area contributed by atoms with Crippen molar-refractivity contribution in [3.05, 3.63) is 60.2 Å². The van der Waals surface area contributed by atoms with Crippen LogP contribution in [0.1, 0.15) is 18.8 Å². The van der Waals surface area contributed by atoms with Gasteiger partial charge in [-0.15, -0.1) is 0 Å². The summed E-state index contributed by atoms with van der Waals surface area (Å²) >= 11 is 0. The first-order valence-electron chi connectivity index (χ1n) is 6.71. The summed E-state index contributed by atoms with van der Waals surface area (Å²) in [6.45, 7) is 3.67. The molecule has 0 saturated carbocycles. The fourth-order valence-electron chi connectivity index (χ4n) is 2.26. The molecule has 1 fully saturated rings. The molecule has 2 heteroatoms. The van der Waals surface area contributed by atoms with Gasteiger partial charge in [-0.1, -0.05) is 61.5 Å². The molecule has 0 N–H and O–H groups in total. The van der Waals surface area contributed by atoms with E-state index in [0.29, 0.717) is 5.92 Å². The molecule has 1 aliphatic heterocycles. The maximum Gasteiger partial charge on any atom is 0.183 e. The van der Waals surface area contributed by atoms with Crippen LogP contribution in [-0.2, 0) is 9.47 Å². The van der Waals surface area contributed by atoms with Crippen LogP contribution in [-0.4, -0.2) is 13.2 Å². The van der Waals surface area contributed by atoms with Crippen LogP contribution in [0.4, 0.5) is 0 Å². The van der Waals surface area contributed by atoms with Gasteiger partial charge in [-0.05, 0) is 11.1 Å². The third kappa shape index (κ3) is 2.86. The first-order valence-corrected chi connectivity index (χ1v) is 6.71. The highest BCUT2D eigenvalue weighted by Crippen LogP contribution is 2.27. The Morgan fingerprint density at radius 1 is 0.789 bits per heavy atom. The molecule has 2 aromatic carbocycles. The lowest BCUT2D eigenvalue weighted by Crippen LogP contribution is -2.24. The Labute approximate surface area is 114 Å². The standard InChI is InChI=1S/C17H18O2/c1-13-11-18-17(19-12-13)16-9-7-15(8-10-16)14-5-3-2-4-6-14/h2-10,13,17H,11-12H2,1H3. The summed E-state index contributed by atoms with van der Waals surface area (Å²) in [4.78, 5) is 0. The minimum Gasteiger partial charge on any atom is -0.348 e. The number of benzene rings is 2. The van der Waals surface area contributed by atoms with E-state index in [0.717, 1.165) is 18.8 Å². The fourth-order valence-corrected chi connectivity index (χ4v) is 2.26. The molecular formula is C17H18O2. The van der Waals surface area contributed by atoms with E-state index in [1.165, 1.54) is 11.1 Å². The van der Waals surface area contributed by atoms with Crippen molar-refractivity contribution in [1.82, 2.24) is 0 Å². The van der Waals surface area contributed by atoms with E-state index in [4.69, 9.17) is 9.47 Å². The molecule has 0 aromatic heterocycles. The van der Waals surface area contributed by atoms with Crippen molar-refractivity contribution in [2.24, 2.45) is 5.92 Å². The molecule has 0 aliphatic carbocycles. The van der Waals surface area contributed by atoms with Gasteiger partial charge in [-0.3, -0.25) is 0 Å². The number of hydrogen-bond acceptors (Lipinski definition) is 2. The molecule has 98 valence electrons. The third-order valence-corrected chi connectivity index (χ3v) is 3.35. The molecule has 1 heterocycles. The highest BCUT2D eigenvalue weighted by atomic mass is 16.7. The predicted octanol–water partition coefficient (Wildman–Crippen LogP) is 4.04. The maximum atomic E-state index is 5.70. The lowest BCUT2D eigenvalue weighted by molar-refractivity contribution is -0.202. The van der Waals surface area contributed by atoms with Crippen molar-refractivity contribution in [1.29, 1.82) is 0 Å². The third-order valence-electron chi connectivity index (χ3n) is 3.35. The summed E-state index contributed by atoms with van der Waals surface area (Å²) in [5.74, 6) is 0.486. The van der Waals surface area contributed by atoms with Gasteiger partial charge in [0.05, 0.1) is 13.2 Å². The van der Waals surface area contributed by atoms with Gasteiger partial charge in [-0.25, -0.2) is 0 Å². The topological polar surface area (TPSA) is 18.5 Å². The van der Waals surface area contributed by atoms with Gasteiger partial charge < -0.3 is 9.47 Å². The molecule has 0 amide bonds. The monoisotopic (exact) mass is 254 g/mol. The average molecular weight is 254 g/mol. The van der Waals surface area contributed by atoms with Crippen molar-refractivity contribution in [3.63, 3.8) is 0 Å². The van der Waals surface area contributed by atoms with Crippen LogP contribution in [0.5, 0.6) is 0 Å². The van der Waals surface area contributed by atoms with E-state index in [2.05, 4.69) is 55.5 Å². The number of hydrogen-bond donors (Lipinski definition) is 0. The summed E-state index contributed by atoms with van der Waals surface area (Å²) < 4.78 is 11.4. The minimum atomic E-state index is -0.207. The summed E-state index contributed by atoms with van der Waals surface area (Å²) in [7, 11) is 0. The second kappa shape index (κ2) is 5.55. The van der Waals surface area contributed by atoms with Crippen molar-refractivity contribution >= 4 is 0 Å². The van der Waals surface area contributed by atoms with Crippen molar-refractivity contribution in [2.75, 3.05) is 13.2 Å². The minimum absolute atomic E-state index is 0.207. The van der Waals surface area contributed by atoms with Crippen LogP contribution in [0.3, 0.4) is 0 Å². The van der Waals surface area contributed by atoms with Gasteiger partial charge in [0.2, 0.25) is 0 Å². The van der Waals surface area contributed by atoms with Crippen molar-refractivity contribution < 1.29 is 9.47 Å². The molecule has 0 radical (unpaired) electrons. The summed E-state index contributed by atoms with van der Waals surface area (Å²) in [5.41, 5.74) is 3.54. The molecule has 0 atom stereocenters. The molecule has 0 spiro atoms. The Bertz CT molecular complexity index is 511. The maximum absolute atomic E-state index is 5.70. The molecule has 2 aromatic rings. The van der Waals surface area contributed by atoms with Gasteiger partial charge in [-0.2, -0.15) is 0 Å². The van der Waals surface area contributed by atoms with E-state index in [1.807, 2.05) is 6.07 Å². The Hall–Kier alpha value is -1.64. The van der Waals surface area contributed by atoms with Gasteiger partial charge in [0.25, 0.3) is 0 Å². The smallest absolute Gasteiger partial charge is 0.183 e. The molecule has 0 bridgehead atoms. The second-order valence-corrected chi connectivity index (χ2v) is 5.09. The summed E-state index contributed by atoms with van der Waals surface area (Å²) in [5, 5.41) is 0. The lowest BCUT2D eigenvalue weighted by atomic mass is 10.0. The molecule has 3 rings (SSSR count). The van der Waals surface area contributed by atoms with E-state index in [1.54, 1.807) is 0 Å². The number of rotatable bonds is 2. The van der Waals surface area contributed by atoms with Crippen molar-refractivity contribution in [3.8, 4) is 11.1 Å². The van der Waals surface area contributed by atoms with Gasteiger partial charge in [0.1, 0.15) is 0 Å². The zero-order valence-corrected chi connectivity index (χ0v) is 11.1. The highest BCUT2D eigenvalue weighted by molar-refractivity contribution is 5.63. The molecule has 19 heavy (non-hydrogen) atoms. The van der Waals surface area contributed by atoms with Crippen LogP contribution in [0.25, 0.3) is 11.1 Å². The first kappa shape index (κ1) is 12.4. The van der Waals surface area contributed by atoms with E-state index < -0.39 is 0 Å². The molecular weight excluding hydrogens is 236 g/mol. The largest absolute Gasteiger partial charge is 0.348 e. The van der Waals surface area contributed by atoms with Gasteiger partial charge in [0, 0.05) is 11.5 Å². The van der Waals surface area contributed by atoms with Crippen LogP contribution in [0.2, 0.25) is 0 Å². The summed E-state index contributed by atoms with van der Waals surface area (Å²) in [6.07, 6.45) is -0.207. The SMILES string of the molecule is CC1COC(c2ccc(-c3ccccc3)cc2)OC1. The Balaban J connectivity index is 1.76. The fraction of sp³-hybridized carbons (Fsp3) is 0.294. The highest BCUT2D eigenvalue weighted by Gasteiger charge is 2.20. The molecule has 0 unspecified atom stereocenters. The van der Waals surface area contributed by atoms with E-state index in [9.17, 15) is 0 Å². The zero-order valence-electron chi connectivity index (χ0n) is 11.1. The number of ether oxygens (including phenoxy) is 2. The van der Waals surface area contributed by atoms with Crippen molar-refractivity contribution in [2.45, 2.75) is 13.2 Å². The normalized spacial score (nSPS) is 23.2. The van der Waals surface area contributed by atoms with Crippen LogP contribution < -0.4 is 0 Å².